The molecule has 6 bridgehead atoms. The van der Waals surface area contributed by atoms with Crippen LogP contribution in [0.15, 0.2) is 0 Å². The van der Waals surface area contributed by atoms with Crippen LogP contribution in [0.4, 0.5) is 0 Å². The molecule has 7 fully saturated rings. The Morgan fingerprint density at radius 1 is 0.864 bits per heavy atom. The molecule has 1 heterocycles. The van der Waals surface area contributed by atoms with Crippen molar-refractivity contribution in [1.82, 2.24) is 0 Å². The largest absolute Gasteiger partial charge is 0.312 e. The van der Waals surface area contributed by atoms with E-state index in [2.05, 4.69) is 0 Å². The van der Waals surface area contributed by atoms with Gasteiger partial charge in [0.25, 0.3) is 0 Å². The summed E-state index contributed by atoms with van der Waals surface area (Å²) >= 11 is 0. The van der Waals surface area contributed by atoms with Crippen molar-refractivity contribution in [2.75, 3.05) is 0 Å². The van der Waals surface area contributed by atoms with Crippen molar-refractivity contribution in [3.05, 3.63) is 0 Å². The van der Waals surface area contributed by atoms with Crippen molar-refractivity contribution in [3.8, 4) is 0 Å². The molecule has 4 heteroatoms. The summed E-state index contributed by atoms with van der Waals surface area (Å²) < 4.78 is 6.72. The summed E-state index contributed by atoms with van der Waals surface area (Å²) in [6.07, 6.45) is 9.49. The summed E-state index contributed by atoms with van der Waals surface area (Å²) in [7, 11) is 0. The van der Waals surface area contributed by atoms with Gasteiger partial charge < -0.3 is 4.74 Å². The average Bonchev–Trinajstić information content (AvgIpc) is 3.01. The molecule has 0 N–H and O–H groups in total. The van der Waals surface area contributed by atoms with Crippen molar-refractivity contribution in [2.45, 2.75) is 69.4 Å². The lowest BCUT2D eigenvalue weighted by Crippen LogP contribution is -2.49. The van der Waals surface area contributed by atoms with Gasteiger partial charge in [0, 0.05) is 37.5 Å². The molecule has 4 nitrogen and oxygen atoms in total. The van der Waals surface area contributed by atoms with E-state index < -0.39 is 11.6 Å². The lowest BCUT2D eigenvalue weighted by Gasteiger charge is -2.44. The predicted molar refractivity (Wildman–Crippen MR) is 76.2 cm³/mol. The standard InChI is InChI=1S/C18H24O4/c19-15-4-11-1-12(5-15)9-17(8-11)20-18(22-21-17)14-3-10-2-13(7-14)16(18)6-10/h10-14,16H,1-9H2. The summed E-state index contributed by atoms with van der Waals surface area (Å²) in [4.78, 5) is 23.8. The zero-order chi connectivity index (χ0) is 14.5. The third-order valence-corrected chi connectivity index (χ3v) is 7.65. The highest BCUT2D eigenvalue weighted by atomic mass is 17.3. The third-order valence-electron chi connectivity index (χ3n) is 7.65. The van der Waals surface area contributed by atoms with Crippen LogP contribution in [0.2, 0.25) is 0 Å². The molecule has 6 saturated carbocycles. The fraction of sp³-hybridized carbons (Fsp3) is 0.944. The highest BCUT2D eigenvalue weighted by Crippen LogP contribution is 2.68. The highest BCUT2D eigenvalue weighted by molar-refractivity contribution is 5.79. The number of ether oxygens (including phenoxy) is 1. The van der Waals surface area contributed by atoms with Crippen molar-refractivity contribution < 1.29 is 19.3 Å². The Morgan fingerprint density at radius 2 is 1.68 bits per heavy atom. The molecule has 0 aromatic heterocycles. The summed E-state index contributed by atoms with van der Waals surface area (Å²) in [5.41, 5.74) is 0. The van der Waals surface area contributed by atoms with Crippen LogP contribution in [-0.4, -0.2) is 17.4 Å². The van der Waals surface area contributed by atoms with E-state index in [9.17, 15) is 4.79 Å². The smallest absolute Gasteiger partial charge is 0.210 e. The van der Waals surface area contributed by atoms with Gasteiger partial charge >= 0.3 is 0 Å². The number of ketones is 1. The monoisotopic (exact) mass is 304 g/mol. The molecule has 7 aliphatic rings. The zero-order valence-electron chi connectivity index (χ0n) is 13.0. The maximum atomic E-state index is 11.8. The van der Waals surface area contributed by atoms with E-state index >= 15 is 0 Å². The van der Waals surface area contributed by atoms with Crippen molar-refractivity contribution in [3.63, 3.8) is 0 Å². The first-order valence-corrected chi connectivity index (χ1v) is 9.23. The van der Waals surface area contributed by atoms with E-state index in [0.717, 1.165) is 37.5 Å². The summed E-state index contributed by atoms with van der Waals surface area (Å²) in [5, 5.41) is 0. The van der Waals surface area contributed by atoms with Gasteiger partial charge in [-0.2, -0.15) is 9.78 Å². The van der Waals surface area contributed by atoms with Gasteiger partial charge in [0.15, 0.2) is 0 Å². The first-order valence-electron chi connectivity index (χ1n) is 9.23. The molecule has 1 aliphatic heterocycles. The summed E-state index contributed by atoms with van der Waals surface area (Å²) in [6, 6.07) is 0. The van der Waals surface area contributed by atoms with E-state index in [0.29, 0.717) is 29.5 Å². The second-order valence-corrected chi connectivity index (χ2v) is 9.10. The number of Topliss-reactive ketones (excluding diaryl/α,β-unsaturated/α-hetero) is 1. The van der Waals surface area contributed by atoms with E-state index in [-0.39, 0.29) is 0 Å². The van der Waals surface area contributed by atoms with E-state index in [1.165, 1.54) is 32.1 Å². The van der Waals surface area contributed by atoms with Crippen LogP contribution in [-0.2, 0) is 19.3 Å². The molecule has 7 rings (SSSR count). The van der Waals surface area contributed by atoms with Crippen LogP contribution in [0.25, 0.3) is 0 Å². The van der Waals surface area contributed by atoms with Crippen molar-refractivity contribution in [2.24, 2.45) is 35.5 Å². The minimum atomic E-state index is -0.545. The summed E-state index contributed by atoms with van der Waals surface area (Å²) in [5.74, 6) is 3.13. The van der Waals surface area contributed by atoms with Crippen molar-refractivity contribution >= 4 is 5.78 Å². The average molecular weight is 304 g/mol. The molecule has 0 amide bonds. The van der Waals surface area contributed by atoms with Gasteiger partial charge in [0.1, 0.15) is 5.78 Å². The highest BCUT2D eigenvalue weighted by Gasteiger charge is 2.71. The fourth-order valence-electron chi connectivity index (χ4n) is 7.23. The SMILES string of the molecule is O=C1CC2CC(C1)CC1(C2)OOC2(O1)C1CC3CC(C1)C2C3. The number of carbonyl (C=O) groups excluding carboxylic acids is 1. The number of carbonyl (C=O) groups is 1. The molecule has 1 saturated heterocycles. The van der Waals surface area contributed by atoms with E-state index in [1.807, 2.05) is 0 Å². The van der Waals surface area contributed by atoms with Crippen LogP contribution in [0.5, 0.6) is 0 Å². The van der Waals surface area contributed by atoms with Gasteiger partial charge in [0.2, 0.25) is 11.6 Å². The van der Waals surface area contributed by atoms with Gasteiger partial charge in [-0.3, -0.25) is 4.79 Å². The Morgan fingerprint density at radius 3 is 2.45 bits per heavy atom. The number of hydrogen-bond donors (Lipinski definition) is 0. The van der Waals surface area contributed by atoms with Gasteiger partial charge in [0.05, 0.1) is 0 Å². The maximum Gasteiger partial charge on any atom is 0.210 e. The molecule has 22 heavy (non-hydrogen) atoms. The second kappa shape index (κ2) is 3.96. The Balaban J connectivity index is 1.31. The Kier molecular flexibility index (Phi) is 2.32. The molecule has 6 aliphatic carbocycles. The number of fused-ring (bicyclic) bond motifs is 2. The Labute approximate surface area is 130 Å². The summed E-state index contributed by atoms with van der Waals surface area (Å²) in [6.45, 7) is 0. The maximum absolute atomic E-state index is 11.8. The van der Waals surface area contributed by atoms with Crippen LogP contribution < -0.4 is 0 Å². The molecule has 120 valence electrons. The minimum absolute atomic E-state index is 0.434. The van der Waals surface area contributed by atoms with Gasteiger partial charge in [-0.05, 0) is 55.8 Å². The molecule has 0 radical (unpaired) electrons. The number of hydrogen-bond acceptors (Lipinski definition) is 4. The van der Waals surface area contributed by atoms with Crippen LogP contribution in [0, 0.1) is 35.5 Å². The van der Waals surface area contributed by atoms with Crippen LogP contribution >= 0.6 is 0 Å². The minimum Gasteiger partial charge on any atom is -0.312 e. The molecule has 7 atom stereocenters. The molecular formula is C18H24O4. The van der Waals surface area contributed by atoms with Crippen LogP contribution in [0.3, 0.4) is 0 Å². The van der Waals surface area contributed by atoms with E-state index in [4.69, 9.17) is 14.5 Å². The molecule has 0 aromatic carbocycles. The lowest BCUT2D eigenvalue weighted by molar-refractivity contribution is -0.372. The second-order valence-electron chi connectivity index (χ2n) is 9.10. The first kappa shape index (κ1) is 12.9. The Bertz CT molecular complexity index is 525. The van der Waals surface area contributed by atoms with Crippen molar-refractivity contribution in [1.29, 1.82) is 0 Å². The van der Waals surface area contributed by atoms with E-state index in [1.54, 1.807) is 0 Å². The fourth-order valence-corrected chi connectivity index (χ4v) is 7.23. The quantitative estimate of drug-likeness (QED) is 0.645. The topological polar surface area (TPSA) is 44.8 Å². The normalized spacial score (nSPS) is 61.7. The number of rotatable bonds is 0. The van der Waals surface area contributed by atoms with Gasteiger partial charge in [-0.15, -0.1) is 0 Å². The Hall–Kier alpha value is -0.450. The molecular weight excluding hydrogens is 280 g/mol. The molecule has 2 spiro atoms. The first-order chi connectivity index (χ1) is 10.6. The molecule has 7 unspecified atom stereocenters. The van der Waals surface area contributed by atoms with Gasteiger partial charge in [-0.25, -0.2) is 0 Å². The van der Waals surface area contributed by atoms with Gasteiger partial charge in [-0.1, -0.05) is 0 Å². The predicted octanol–water partition coefficient (Wildman–Crippen LogP) is 3.20. The zero-order valence-corrected chi connectivity index (χ0v) is 13.0. The third kappa shape index (κ3) is 1.52. The molecule has 0 aromatic rings. The lowest BCUT2D eigenvalue weighted by atomic mass is 9.69. The van der Waals surface area contributed by atoms with Crippen LogP contribution in [0.1, 0.15) is 57.8 Å².